The molecule has 0 aliphatic heterocycles. The van der Waals surface area contributed by atoms with E-state index in [1.54, 1.807) is 6.20 Å². The van der Waals surface area contributed by atoms with Crippen molar-refractivity contribution in [3.8, 4) is 5.75 Å². The number of ether oxygens (including phenoxy) is 1. The van der Waals surface area contributed by atoms with Crippen LogP contribution in [-0.2, 0) is 4.79 Å². The predicted molar refractivity (Wildman–Crippen MR) is 56.8 cm³/mol. The second-order valence-corrected chi connectivity index (χ2v) is 2.79. The molecule has 0 aliphatic carbocycles. The van der Waals surface area contributed by atoms with E-state index in [-0.39, 0.29) is 57.4 Å². The summed E-state index contributed by atoms with van der Waals surface area (Å²) in [6, 6.07) is 7.67. The number of para-hydroxylation sites is 1. The molecule has 1 aromatic heterocycles. The number of rotatable bonds is 1. The summed E-state index contributed by atoms with van der Waals surface area (Å²) in [5.74, 6) is 0.285. The van der Waals surface area contributed by atoms with Gasteiger partial charge >= 0.3 is 57.4 Å². The summed E-state index contributed by atoms with van der Waals surface area (Å²) in [7, 11) is 0. The summed E-state index contributed by atoms with van der Waals surface area (Å²) in [5.41, 5.74) is 0.971. The number of carbonyl (C=O) groups excluding carboxylic acids is 1. The number of hydrogen-bond acceptors (Lipinski definition) is 2. The van der Waals surface area contributed by atoms with Gasteiger partial charge in [0.1, 0.15) is 0 Å². The first-order valence-electron chi connectivity index (χ1n) is 4.02. The Hall–Kier alpha value is -0.134. The Morgan fingerprint density at radius 2 is 2.07 bits per heavy atom. The summed E-state index contributed by atoms with van der Waals surface area (Å²) < 4.78 is 5.00. The van der Waals surface area contributed by atoms with Gasteiger partial charge in [-0.3, -0.25) is 4.79 Å². The molecule has 14 heavy (non-hydrogen) atoms. The number of esters is 1. The Morgan fingerprint density at radius 3 is 2.79 bits per heavy atom. The summed E-state index contributed by atoms with van der Waals surface area (Å²) in [6.07, 6.45) is 1.69. The number of H-pyrrole nitrogens is 1. The molecule has 0 bridgehead atoms. The van der Waals surface area contributed by atoms with Crippen LogP contribution in [0.3, 0.4) is 0 Å². The molecule has 0 fully saturated rings. The Kier molecular flexibility index (Phi) is 4.34. The minimum absolute atomic E-state index is 0. The van der Waals surface area contributed by atoms with E-state index in [1.807, 2.05) is 24.3 Å². The van der Waals surface area contributed by atoms with Crippen molar-refractivity contribution in [2.75, 3.05) is 0 Å². The topological polar surface area (TPSA) is 42.1 Å². The number of benzene rings is 1. The van der Waals surface area contributed by atoms with Crippen LogP contribution in [0.15, 0.2) is 30.5 Å². The van der Waals surface area contributed by atoms with Crippen molar-refractivity contribution in [1.29, 1.82) is 0 Å². The Balaban J connectivity index is 0.000000980. The van der Waals surface area contributed by atoms with Gasteiger partial charge in [0.05, 0.1) is 0 Å². The van der Waals surface area contributed by atoms with Crippen molar-refractivity contribution < 1.29 is 9.53 Å². The zero-order valence-electron chi connectivity index (χ0n) is 7.20. The molecular weight excluding hydrogens is 205 g/mol. The fraction of sp³-hybridized carbons (Fsp3) is 0.100. The third-order valence-electron chi connectivity index (χ3n) is 1.80. The minimum atomic E-state index is -0.301. The quantitative estimate of drug-likeness (QED) is 0.578. The van der Waals surface area contributed by atoms with Crippen LogP contribution in [0.4, 0.5) is 0 Å². The molecular formula is C10H10KNO2. The summed E-state index contributed by atoms with van der Waals surface area (Å²) in [5, 5.41) is 0.928. The average Bonchev–Trinajstić information content (AvgIpc) is 2.48. The van der Waals surface area contributed by atoms with Gasteiger partial charge in [-0.05, 0) is 12.1 Å². The van der Waals surface area contributed by atoms with Crippen molar-refractivity contribution in [2.45, 2.75) is 6.92 Å². The van der Waals surface area contributed by atoms with E-state index < -0.39 is 0 Å². The molecule has 1 aromatic carbocycles. The normalized spacial score (nSPS) is 9.50. The molecule has 0 amide bonds. The van der Waals surface area contributed by atoms with Crippen LogP contribution >= 0.6 is 0 Å². The second-order valence-electron chi connectivity index (χ2n) is 2.79. The number of aromatic amines is 1. The van der Waals surface area contributed by atoms with Crippen molar-refractivity contribution in [1.82, 2.24) is 4.98 Å². The number of hydrogen-bond donors (Lipinski definition) is 1. The molecule has 1 heterocycles. The fourth-order valence-electron chi connectivity index (χ4n) is 1.28. The molecule has 3 nitrogen and oxygen atoms in total. The van der Waals surface area contributed by atoms with Gasteiger partial charge in [0.15, 0.2) is 5.75 Å². The first-order valence-corrected chi connectivity index (χ1v) is 4.02. The Labute approximate surface area is 124 Å². The first-order chi connectivity index (χ1) is 6.27. The number of nitrogens with one attached hydrogen (secondary N) is 1. The first kappa shape index (κ1) is 11.9. The van der Waals surface area contributed by atoms with Gasteiger partial charge in [-0.2, -0.15) is 0 Å². The van der Waals surface area contributed by atoms with Crippen LogP contribution in [0.1, 0.15) is 6.92 Å². The second kappa shape index (κ2) is 5.09. The van der Waals surface area contributed by atoms with Crippen LogP contribution < -0.4 is 4.74 Å². The Morgan fingerprint density at radius 1 is 1.36 bits per heavy atom. The van der Waals surface area contributed by atoms with E-state index in [0.717, 1.165) is 10.9 Å². The van der Waals surface area contributed by atoms with Gasteiger partial charge in [-0.25, -0.2) is 0 Å². The van der Waals surface area contributed by atoms with E-state index in [1.165, 1.54) is 6.92 Å². The van der Waals surface area contributed by atoms with Crippen molar-refractivity contribution in [3.05, 3.63) is 30.5 Å². The van der Waals surface area contributed by atoms with E-state index in [9.17, 15) is 4.79 Å². The number of aromatic nitrogens is 1. The van der Waals surface area contributed by atoms with Gasteiger partial charge in [0.25, 0.3) is 0 Å². The molecule has 0 spiro atoms. The predicted octanol–water partition coefficient (Wildman–Crippen LogP) is 1.44. The van der Waals surface area contributed by atoms with E-state index >= 15 is 0 Å². The molecule has 0 aliphatic rings. The van der Waals surface area contributed by atoms with Crippen LogP contribution in [-0.4, -0.2) is 62.3 Å². The summed E-state index contributed by atoms with van der Waals surface area (Å²) in [4.78, 5) is 13.7. The molecule has 2 aromatic rings. The van der Waals surface area contributed by atoms with Crippen molar-refractivity contribution in [2.24, 2.45) is 0 Å². The molecule has 2 rings (SSSR count). The molecule has 68 valence electrons. The van der Waals surface area contributed by atoms with Gasteiger partial charge < -0.3 is 9.72 Å². The molecule has 4 heteroatoms. The molecule has 0 saturated carbocycles. The third-order valence-corrected chi connectivity index (χ3v) is 1.80. The Bertz CT molecular complexity index is 450. The van der Waals surface area contributed by atoms with Gasteiger partial charge in [-0.15, -0.1) is 0 Å². The number of fused-ring (bicyclic) bond motifs is 1. The van der Waals surface area contributed by atoms with Crippen LogP contribution in [0, 0.1) is 0 Å². The third kappa shape index (κ3) is 2.46. The van der Waals surface area contributed by atoms with Crippen LogP contribution in [0.5, 0.6) is 5.75 Å². The van der Waals surface area contributed by atoms with E-state index in [4.69, 9.17) is 4.74 Å². The standard InChI is InChI=1S/C10H9NO2.K.H/c1-7(12)13-10-6-11-9-5-3-2-4-8(9)10;;/h2-6,11H,1H3;;. The maximum atomic E-state index is 10.7. The number of carbonyl (C=O) groups is 1. The average molecular weight is 215 g/mol. The molecule has 0 radical (unpaired) electrons. The molecule has 0 atom stereocenters. The van der Waals surface area contributed by atoms with Crippen LogP contribution in [0.2, 0.25) is 0 Å². The van der Waals surface area contributed by atoms with E-state index in [0.29, 0.717) is 5.75 Å². The summed E-state index contributed by atoms with van der Waals surface area (Å²) >= 11 is 0. The molecule has 0 saturated heterocycles. The SMILES string of the molecule is CC(=O)Oc1c[nH]c2ccccc12.[KH]. The summed E-state index contributed by atoms with van der Waals surface area (Å²) in [6.45, 7) is 1.39. The van der Waals surface area contributed by atoms with Crippen molar-refractivity contribution in [3.63, 3.8) is 0 Å². The molecule has 0 unspecified atom stereocenters. The molecule has 1 N–H and O–H groups in total. The van der Waals surface area contributed by atoms with Gasteiger partial charge in [0, 0.05) is 24.0 Å². The van der Waals surface area contributed by atoms with E-state index in [2.05, 4.69) is 4.98 Å². The monoisotopic (exact) mass is 215 g/mol. The fourth-order valence-corrected chi connectivity index (χ4v) is 1.28. The van der Waals surface area contributed by atoms with Gasteiger partial charge in [-0.1, -0.05) is 12.1 Å². The zero-order chi connectivity index (χ0) is 9.26. The van der Waals surface area contributed by atoms with Crippen molar-refractivity contribution >= 4 is 68.3 Å². The maximum absolute atomic E-state index is 10.7. The van der Waals surface area contributed by atoms with Crippen LogP contribution in [0.25, 0.3) is 10.9 Å². The van der Waals surface area contributed by atoms with Gasteiger partial charge in [0.2, 0.25) is 0 Å². The zero-order valence-corrected chi connectivity index (χ0v) is 7.20.